The highest BCUT2D eigenvalue weighted by molar-refractivity contribution is 9.10. The first kappa shape index (κ1) is 26.0. The molecular weight excluding hydrogens is 602 g/mol. The molecule has 4 aromatic carbocycles. The molecule has 37 heavy (non-hydrogen) atoms. The molecule has 7 nitrogen and oxygen atoms in total. The second-order valence-electron chi connectivity index (χ2n) is 7.64. The molecular formula is C28H19Br2N3O4. The van der Waals surface area contributed by atoms with Crippen LogP contribution in [-0.2, 0) is 0 Å². The fourth-order valence-corrected chi connectivity index (χ4v) is 3.76. The molecule has 0 bridgehead atoms. The Morgan fingerprint density at radius 3 is 2.00 bits per heavy atom. The van der Waals surface area contributed by atoms with E-state index in [1.807, 2.05) is 0 Å². The number of nitrogens with one attached hydrogen (secondary N) is 2. The minimum Gasteiger partial charge on any atom is -0.422 e. The Labute approximate surface area is 229 Å². The molecule has 0 atom stereocenters. The number of hydrogen-bond acceptors (Lipinski definition) is 5. The zero-order chi connectivity index (χ0) is 26.2. The van der Waals surface area contributed by atoms with Gasteiger partial charge in [-0.05, 0) is 72.8 Å². The van der Waals surface area contributed by atoms with Gasteiger partial charge in [-0.1, -0.05) is 56.1 Å². The standard InChI is InChI=1S/C28H19Br2N3O4/c29-21-13-9-18(10-14-21)26(34)32-24-7-3-2-6-23(24)27(35)33-31-17-20-5-1-4-8-25(20)37-28(36)19-11-15-22(30)16-12-19/h1-17H,(H,32,34)(H,33,35)/b31-17-. The van der Waals surface area contributed by atoms with Crippen molar-refractivity contribution in [2.75, 3.05) is 5.32 Å². The van der Waals surface area contributed by atoms with Crippen LogP contribution in [0.2, 0.25) is 0 Å². The van der Waals surface area contributed by atoms with E-state index in [2.05, 4.69) is 47.7 Å². The van der Waals surface area contributed by atoms with Gasteiger partial charge in [0.1, 0.15) is 5.75 Å². The largest absolute Gasteiger partial charge is 0.422 e. The second-order valence-corrected chi connectivity index (χ2v) is 9.47. The Bertz CT molecular complexity index is 1470. The number of carbonyl (C=O) groups is 3. The van der Waals surface area contributed by atoms with E-state index < -0.39 is 11.9 Å². The van der Waals surface area contributed by atoms with E-state index in [9.17, 15) is 14.4 Å². The number of amides is 2. The van der Waals surface area contributed by atoms with Crippen molar-refractivity contribution < 1.29 is 19.1 Å². The maximum absolute atomic E-state index is 12.8. The Morgan fingerprint density at radius 1 is 0.703 bits per heavy atom. The van der Waals surface area contributed by atoms with Gasteiger partial charge >= 0.3 is 5.97 Å². The SMILES string of the molecule is O=C(Nc1ccccc1C(=O)N/N=C\c1ccccc1OC(=O)c1ccc(Br)cc1)c1ccc(Br)cc1. The van der Waals surface area contributed by atoms with Gasteiger partial charge in [0, 0.05) is 20.1 Å². The first-order chi connectivity index (χ1) is 17.9. The lowest BCUT2D eigenvalue weighted by Gasteiger charge is -2.10. The number of carbonyl (C=O) groups excluding carboxylic acids is 3. The predicted molar refractivity (Wildman–Crippen MR) is 149 cm³/mol. The number of halogens is 2. The number of ether oxygens (including phenoxy) is 1. The summed E-state index contributed by atoms with van der Waals surface area (Å²) < 4.78 is 7.22. The summed E-state index contributed by atoms with van der Waals surface area (Å²) in [6, 6.07) is 27.1. The average Bonchev–Trinajstić information content (AvgIpc) is 2.90. The molecule has 0 aliphatic heterocycles. The molecule has 0 aliphatic rings. The monoisotopic (exact) mass is 619 g/mol. The van der Waals surface area contributed by atoms with E-state index >= 15 is 0 Å². The molecule has 0 fully saturated rings. The van der Waals surface area contributed by atoms with Crippen molar-refractivity contribution in [3.8, 4) is 5.75 Å². The maximum Gasteiger partial charge on any atom is 0.343 e. The molecule has 0 saturated carbocycles. The molecule has 0 unspecified atom stereocenters. The summed E-state index contributed by atoms with van der Waals surface area (Å²) in [5.41, 5.74) is 4.36. The molecule has 2 amide bonds. The minimum atomic E-state index is -0.521. The molecule has 0 saturated heterocycles. The summed E-state index contributed by atoms with van der Waals surface area (Å²) in [7, 11) is 0. The van der Waals surface area contributed by atoms with Crippen LogP contribution >= 0.6 is 31.9 Å². The van der Waals surface area contributed by atoms with Crippen LogP contribution in [0.15, 0.2) is 111 Å². The van der Waals surface area contributed by atoms with Gasteiger partial charge < -0.3 is 10.1 Å². The third-order valence-electron chi connectivity index (χ3n) is 5.10. The van der Waals surface area contributed by atoms with Crippen molar-refractivity contribution in [3.63, 3.8) is 0 Å². The van der Waals surface area contributed by atoms with Crippen molar-refractivity contribution in [1.82, 2.24) is 5.43 Å². The third kappa shape index (κ3) is 6.99. The van der Waals surface area contributed by atoms with Gasteiger partial charge in [-0.25, -0.2) is 10.2 Å². The topological polar surface area (TPSA) is 96.9 Å². The number of hydrogen-bond donors (Lipinski definition) is 2. The Hall–Kier alpha value is -4.08. The van der Waals surface area contributed by atoms with Gasteiger partial charge in [-0.3, -0.25) is 9.59 Å². The third-order valence-corrected chi connectivity index (χ3v) is 6.15. The fourth-order valence-electron chi connectivity index (χ4n) is 3.23. The van der Waals surface area contributed by atoms with Gasteiger partial charge in [0.05, 0.1) is 23.0 Å². The van der Waals surface area contributed by atoms with E-state index in [4.69, 9.17) is 4.74 Å². The molecule has 0 radical (unpaired) electrons. The lowest BCUT2D eigenvalue weighted by Crippen LogP contribution is -2.21. The number of benzene rings is 4. The van der Waals surface area contributed by atoms with E-state index in [0.717, 1.165) is 8.95 Å². The molecule has 0 aliphatic carbocycles. The summed E-state index contributed by atoms with van der Waals surface area (Å²) in [5.74, 6) is -1.10. The number of anilines is 1. The van der Waals surface area contributed by atoms with Crippen LogP contribution in [0.5, 0.6) is 5.75 Å². The van der Waals surface area contributed by atoms with Gasteiger partial charge in [0.15, 0.2) is 0 Å². The molecule has 0 spiro atoms. The van der Waals surface area contributed by atoms with Crippen LogP contribution in [0.1, 0.15) is 36.6 Å². The van der Waals surface area contributed by atoms with Crippen molar-refractivity contribution in [2.45, 2.75) is 0 Å². The van der Waals surface area contributed by atoms with Gasteiger partial charge in [-0.2, -0.15) is 5.10 Å². The highest BCUT2D eigenvalue weighted by Gasteiger charge is 2.14. The molecule has 2 N–H and O–H groups in total. The summed E-state index contributed by atoms with van der Waals surface area (Å²) >= 11 is 6.67. The van der Waals surface area contributed by atoms with Crippen LogP contribution in [-0.4, -0.2) is 24.0 Å². The molecule has 4 aromatic rings. The average molecular weight is 621 g/mol. The smallest absolute Gasteiger partial charge is 0.343 e. The first-order valence-corrected chi connectivity index (χ1v) is 12.6. The Morgan fingerprint density at radius 2 is 1.30 bits per heavy atom. The highest BCUT2D eigenvalue weighted by Crippen LogP contribution is 2.20. The van der Waals surface area contributed by atoms with E-state index in [1.165, 1.54) is 6.21 Å². The van der Waals surface area contributed by atoms with Crippen LogP contribution in [0.3, 0.4) is 0 Å². The predicted octanol–water partition coefficient (Wildman–Crippen LogP) is 6.45. The second kappa shape index (κ2) is 12.2. The number of rotatable bonds is 7. The normalized spacial score (nSPS) is 10.6. The zero-order valence-electron chi connectivity index (χ0n) is 19.2. The maximum atomic E-state index is 12.8. The number of hydrazone groups is 1. The fraction of sp³-hybridized carbons (Fsp3) is 0. The number of esters is 1. The summed E-state index contributed by atoms with van der Waals surface area (Å²) in [4.78, 5) is 37.9. The van der Waals surface area contributed by atoms with Crippen LogP contribution in [0, 0.1) is 0 Å². The molecule has 0 heterocycles. The van der Waals surface area contributed by atoms with Crippen LogP contribution < -0.4 is 15.5 Å². The summed E-state index contributed by atoms with van der Waals surface area (Å²) in [5, 5.41) is 6.78. The lowest BCUT2D eigenvalue weighted by molar-refractivity contribution is 0.0733. The Balaban J connectivity index is 1.44. The summed E-state index contributed by atoms with van der Waals surface area (Å²) in [6.45, 7) is 0. The van der Waals surface area contributed by atoms with Crippen molar-refractivity contribution >= 4 is 61.5 Å². The van der Waals surface area contributed by atoms with E-state index in [0.29, 0.717) is 22.4 Å². The number of nitrogens with zero attached hydrogens (tertiary/aromatic N) is 1. The quantitative estimate of drug-likeness (QED) is 0.107. The van der Waals surface area contributed by atoms with Gasteiger partial charge in [0.2, 0.25) is 0 Å². The van der Waals surface area contributed by atoms with Crippen molar-refractivity contribution in [1.29, 1.82) is 0 Å². The highest BCUT2D eigenvalue weighted by atomic mass is 79.9. The van der Waals surface area contributed by atoms with Crippen LogP contribution in [0.4, 0.5) is 5.69 Å². The number of para-hydroxylation sites is 2. The van der Waals surface area contributed by atoms with E-state index in [-0.39, 0.29) is 17.2 Å². The van der Waals surface area contributed by atoms with Gasteiger partial charge in [0.25, 0.3) is 11.8 Å². The van der Waals surface area contributed by atoms with Gasteiger partial charge in [-0.15, -0.1) is 0 Å². The van der Waals surface area contributed by atoms with Crippen molar-refractivity contribution in [3.05, 3.63) is 128 Å². The zero-order valence-corrected chi connectivity index (χ0v) is 22.3. The Kier molecular flexibility index (Phi) is 8.60. The molecule has 4 rings (SSSR count). The minimum absolute atomic E-state index is 0.236. The van der Waals surface area contributed by atoms with Crippen LogP contribution in [0.25, 0.3) is 0 Å². The first-order valence-electron chi connectivity index (χ1n) is 11.0. The molecule has 184 valence electrons. The summed E-state index contributed by atoms with van der Waals surface area (Å²) in [6.07, 6.45) is 1.38. The van der Waals surface area contributed by atoms with E-state index in [1.54, 1.807) is 97.1 Å². The molecule has 0 aromatic heterocycles. The van der Waals surface area contributed by atoms with Crippen molar-refractivity contribution in [2.24, 2.45) is 5.10 Å². The molecule has 9 heteroatoms. The lowest BCUT2D eigenvalue weighted by atomic mass is 10.1.